The lowest BCUT2D eigenvalue weighted by molar-refractivity contribution is -0.129. The van der Waals surface area contributed by atoms with Crippen molar-refractivity contribution in [3.8, 4) is 17.2 Å². The van der Waals surface area contributed by atoms with E-state index in [1.165, 1.54) is 18.1 Å². The predicted molar refractivity (Wildman–Crippen MR) is 138 cm³/mol. The summed E-state index contributed by atoms with van der Waals surface area (Å²) in [5.74, 6) is -1.29. The zero-order valence-corrected chi connectivity index (χ0v) is 21.3. The van der Waals surface area contributed by atoms with Crippen LogP contribution in [0, 0.1) is 0 Å². The Morgan fingerprint density at radius 3 is 2.61 bits per heavy atom. The van der Waals surface area contributed by atoms with E-state index < -0.39 is 23.5 Å². The summed E-state index contributed by atoms with van der Waals surface area (Å²) in [6.45, 7) is 5.58. The van der Waals surface area contributed by atoms with Gasteiger partial charge in [-0.1, -0.05) is 18.2 Å². The molecule has 0 bridgehead atoms. The monoisotopic (exact) mass is 522 g/mol. The van der Waals surface area contributed by atoms with Crippen molar-refractivity contribution in [3.05, 3.63) is 65.1 Å². The summed E-state index contributed by atoms with van der Waals surface area (Å²) in [4.78, 5) is 30.8. The highest BCUT2D eigenvalue weighted by Crippen LogP contribution is 2.42. The van der Waals surface area contributed by atoms with Crippen LogP contribution >= 0.6 is 0 Å². The van der Waals surface area contributed by atoms with E-state index in [4.69, 9.17) is 18.6 Å². The minimum absolute atomic E-state index is 0.0253. The van der Waals surface area contributed by atoms with Crippen molar-refractivity contribution in [2.24, 2.45) is 0 Å². The molecule has 0 spiro atoms. The maximum atomic E-state index is 13.8. The van der Waals surface area contributed by atoms with E-state index in [2.05, 4.69) is 4.90 Å². The zero-order chi connectivity index (χ0) is 26.8. The van der Waals surface area contributed by atoms with Crippen molar-refractivity contribution in [2.45, 2.75) is 13.0 Å². The number of para-hydroxylation sites is 1. The van der Waals surface area contributed by atoms with Gasteiger partial charge < -0.3 is 33.7 Å². The molecule has 10 nitrogen and oxygen atoms in total. The van der Waals surface area contributed by atoms with Gasteiger partial charge in [0.15, 0.2) is 34.4 Å². The van der Waals surface area contributed by atoms with Gasteiger partial charge in [0.1, 0.15) is 0 Å². The van der Waals surface area contributed by atoms with Gasteiger partial charge in [0, 0.05) is 31.6 Å². The molecule has 0 unspecified atom stereocenters. The van der Waals surface area contributed by atoms with Crippen LogP contribution in [0.3, 0.4) is 0 Å². The summed E-state index contributed by atoms with van der Waals surface area (Å²) in [6, 6.07) is 10.6. The molecule has 1 amide bonds. The van der Waals surface area contributed by atoms with Crippen molar-refractivity contribution >= 4 is 22.7 Å². The van der Waals surface area contributed by atoms with E-state index in [-0.39, 0.29) is 29.4 Å². The van der Waals surface area contributed by atoms with Crippen LogP contribution in [-0.2, 0) is 9.53 Å². The third-order valence-electron chi connectivity index (χ3n) is 6.86. The number of phenolic OH excluding ortho intramolecular Hbond substituents is 1. The number of morpholine rings is 1. The zero-order valence-electron chi connectivity index (χ0n) is 21.3. The van der Waals surface area contributed by atoms with Gasteiger partial charge in [0.2, 0.25) is 5.78 Å². The van der Waals surface area contributed by atoms with E-state index >= 15 is 0 Å². The fraction of sp³-hybridized carbons (Fsp3) is 0.357. The fourth-order valence-electron chi connectivity index (χ4n) is 4.95. The number of aliphatic hydroxyl groups excluding tert-OH is 1. The molecule has 1 atom stereocenters. The highest BCUT2D eigenvalue weighted by atomic mass is 16.5. The number of hydrogen-bond donors (Lipinski definition) is 2. The Labute approximate surface area is 219 Å². The van der Waals surface area contributed by atoms with Crippen LogP contribution in [0.1, 0.15) is 29.1 Å². The van der Waals surface area contributed by atoms with Crippen molar-refractivity contribution in [2.75, 3.05) is 53.1 Å². The number of benzene rings is 2. The number of hydrogen-bond acceptors (Lipinski definition) is 9. The molecule has 5 rings (SSSR count). The van der Waals surface area contributed by atoms with Crippen molar-refractivity contribution in [1.29, 1.82) is 0 Å². The van der Waals surface area contributed by atoms with Crippen LogP contribution < -0.4 is 9.47 Å². The van der Waals surface area contributed by atoms with Gasteiger partial charge in [-0.15, -0.1) is 0 Å². The van der Waals surface area contributed by atoms with Crippen LogP contribution in [0.2, 0.25) is 0 Å². The maximum absolute atomic E-state index is 13.8. The van der Waals surface area contributed by atoms with Crippen LogP contribution in [0.15, 0.2) is 58.2 Å². The first-order valence-corrected chi connectivity index (χ1v) is 12.5. The van der Waals surface area contributed by atoms with Gasteiger partial charge in [-0.3, -0.25) is 14.5 Å². The molecule has 0 aliphatic carbocycles. The highest BCUT2D eigenvalue weighted by molar-refractivity contribution is 6.16. The summed E-state index contributed by atoms with van der Waals surface area (Å²) in [5.41, 5.74) is 0.817. The summed E-state index contributed by atoms with van der Waals surface area (Å²) in [6.07, 6.45) is 0. The number of amides is 1. The average molecular weight is 523 g/mol. The second kappa shape index (κ2) is 10.8. The van der Waals surface area contributed by atoms with Crippen LogP contribution in [0.4, 0.5) is 0 Å². The first-order chi connectivity index (χ1) is 18.4. The van der Waals surface area contributed by atoms with E-state index in [0.29, 0.717) is 48.6 Å². The average Bonchev–Trinajstić information content (AvgIpc) is 3.48. The summed E-state index contributed by atoms with van der Waals surface area (Å²) >= 11 is 0. The lowest BCUT2D eigenvalue weighted by atomic mass is 9.94. The molecular weight excluding hydrogens is 492 g/mol. The second-order valence-corrected chi connectivity index (χ2v) is 9.10. The third-order valence-corrected chi connectivity index (χ3v) is 6.86. The molecule has 10 heteroatoms. The van der Waals surface area contributed by atoms with E-state index in [1.807, 2.05) is 0 Å². The Morgan fingerprint density at radius 2 is 1.87 bits per heavy atom. The number of nitrogens with zero attached hydrogens (tertiary/aromatic N) is 2. The van der Waals surface area contributed by atoms with Crippen LogP contribution in [-0.4, -0.2) is 84.8 Å². The van der Waals surface area contributed by atoms with Gasteiger partial charge in [-0.25, -0.2) is 0 Å². The molecular formula is C28H30N2O8. The smallest absolute Gasteiger partial charge is 0.290 e. The number of Topliss-reactive ketones (excluding diaryl/α,β-unsaturated/α-hetero) is 1. The first kappa shape index (κ1) is 25.6. The number of aliphatic hydroxyl groups is 1. The summed E-state index contributed by atoms with van der Waals surface area (Å²) in [7, 11) is 1.51. The molecule has 3 aromatic rings. The second-order valence-electron chi connectivity index (χ2n) is 9.10. The topological polar surface area (TPSA) is 122 Å². The number of fused-ring (bicyclic) bond motifs is 1. The molecule has 2 aliphatic heterocycles. The molecule has 3 heterocycles. The Morgan fingerprint density at radius 1 is 1.08 bits per heavy atom. The van der Waals surface area contributed by atoms with Crippen molar-refractivity contribution in [1.82, 2.24) is 9.80 Å². The fourth-order valence-corrected chi connectivity index (χ4v) is 4.95. The first-order valence-electron chi connectivity index (χ1n) is 12.5. The molecule has 0 radical (unpaired) electrons. The standard InChI is InChI=1S/C28H30N2O8/c1-3-37-21-15-17(7-8-19(21)31)24-23(25(32)22-16-18-5-4-6-20(35-2)27(18)38-22)26(33)28(34)30(24)10-9-29-11-13-36-14-12-29/h4-8,15-16,24,31,33H,3,9-14H2,1-2H3/t24-/m1/s1. The van der Waals surface area contributed by atoms with Gasteiger partial charge in [0.25, 0.3) is 5.91 Å². The Bertz CT molecular complexity index is 1390. The Kier molecular flexibility index (Phi) is 7.26. The van der Waals surface area contributed by atoms with Gasteiger partial charge in [0.05, 0.1) is 38.5 Å². The molecule has 1 fully saturated rings. The van der Waals surface area contributed by atoms with Crippen molar-refractivity contribution in [3.63, 3.8) is 0 Å². The minimum Gasteiger partial charge on any atom is -0.504 e. The van der Waals surface area contributed by atoms with Gasteiger partial charge in [-0.05, 0) is 36.8 Å². The van der Waals surface area contributed by atoms with Crippen LogP contribution in [0.25, 0.3) is 11.0 Å². The summed E-state index contributed by atoms with van der Waals surface area (Å²) in [5, 5.41) is 21.9. The number of furan rings is 1. The maximum Gasteiger partial charge on any atom is 0.290 e. The van der Waals surface area contributed by atoms with E-state index in [9.17, 15) is 19.8 Å². The minimum atomic E-state index is -0.911. The van der Waals surface area contributed by atoms with Crippen molar-refractivity contribution < 1.29 is 38.4 Å². The third kappa shape index (κ3) is 4.68. The van der Waals surface area contributed by atoms with Crippen LogP contribution in [0.5, 0.6) is 17.2 Å². The van der Waals surface area contributed by atoms with E-state index in [1.54, 1.807) is 43.3 Å². The lowest BCUT2D eigenvalue weighted by Gasteiger charge is -2.31. The van der Waals surface area contributed by atoms with E-state index in [0.717, 1.165) is 13.1 Å². The number of ether oxygens (including phenoxy) is 3. The Balaban J connectivity index is 1.55. The number of carbonyl (C=O) groups excluding carboxylic acids is 2. The predicted octanol–water partition coefficient (Wildman–Crippen LogP) is 3.46. The SMILES string of the molecule is CCOc1cc([C@@H]2C(C(=O)c3cc4cccc(OC)c4o3)=C(O)C(=O)N2CCN2CCOCC2)ccc1O. The molecule has 200 valence electrons. The molecule has 1 saturated heterocycles. The highest BCUT2D eigenvalue weighted by Gasteiger charge is 2.45. The lowest BCUT2D eigenvalue weighted by Crippen LogP contribution is -2.43. The quantitative estimate of drug-likeness (QED) is 0.407. The normalized spacial score (nSPS) is 18.4. The number of rotatable bonds is 9. The number of aromatic hydroxyl groups is 1. The number of methoxy groups -OCH3 is 1. The number of ketones is 1. The molecule has 2 aromatic carbocycles. The summed E-state index contributed by atoms with van der Waals surface area (Å²) < 4.78 is 22.2. The largest absolute Gasteiger partial charge is 0.504 e. The molecule has 2 N–H and O–H groups in total. The molecule has 2 aliphatic rings. The number of carbonyl (C=O) groups is 2. The number of phenols is 1. The Hall–Kier alpha value is -4.02. The van der Waals surface area contributed by atoms with Gasteiger partial charge >= 0.3 is 0 Å². The molecule has 1 aromatic heterocycles. The molecule has 0 saturated carbocycles. The van der Waals surface area contributed by atoms with Gasteiger partial charge in [-0.2, -0.15) is 0 Å². The molecule has 38 heavy (non-hydrogen) atoms.